The van der Waals surface area contributed by atoms with E-state index in [2.05, 4.69) is 15.2 Å². The van der Waals surface area contributed by atoms with Gasteiger partial charge in [0.2, 0.25) is 0 Å². The molecule has 0 radical (unpaired) electrons. The maximum atomic E-state index is 11.9. The minimum absolute atomic E-state index is 0.0591. The van der Waals surface area contributed by atoms with Gasteiger partial charge in [-0.1, -0.05) is 0 Å². The van der Waals surface area contributed by atoms with Crippen molar-refractivity contribution < 1.29 is 0 Å². The van der Waals surface area contributed by atoms with Crippen molar-refractivity contribution in [2.24, 2.45) is 7.05 Å². The van der Waals surface area contributed by atoms with Gasteiger partial charge in [0, 0.05) is 45.2 Å². The van der Waals surface area contributed by atoms with Crippen molar-refractivity contribution in [3.63, 3.8) is 0 Å². The van der Waals surface area contributed by atoms with Crippen LogP contribution in [-0.2, 0) is 7.05 Å². The van der Waals surface area contributed by atoms with Gasteiger partial charge in [0.1, 0.15) is 11.6 Å². The molecule has 2 aliphatic rings. The molecule has 0 aliphatic carbocycles. The molecule has 1 aromatic rings. The second kappa shape index (κ2) is 4.14. The van der Waals surface area contributed by atoms with Gasteiger partial charge in [0.05, 0.1) is 0 Å². The molecule has 2 aliphatic heterocycles. The summed E-state index contributed by atoms with van der Waals surface area (Å²) in [7, 11) is 1.82. The number of nitrogens with one attached hydrogen (secondary N) is 1. The van der Waals surface area contributed by atoms with E-state index in [0.29, 0.717) is 5.92 Å². The minimum atomic E-state index is 0.0591. The van der Waals surface area contributed by atoms with Gasteiger partial charge in [-0.25, -0.2) is 4.98 Å². The molecule has 5 nitrogen and oxygen atoms in total. The van der Waals surface area contributed by atoms with Gasteiger partial charge in [-0.3, -0.25) is 9.36 Å². The molecule has 17 heavy (non-hydrogen) atoms. The van der Waals surface area contributed by atoms with E-state index in [1.165, 1.54) is 12.8 Å². The molecule has 92 valence electrons. The summed E-state index contributed by atoms with van der Waals surface area (Å²) in [6.45, 7) is 3.93. The van der Waals surface area contributed by atoms with E-state index < -0.39 is 0 Å². The van der Waals surface area contributed by atoms with E-state index in [1.54, 1.807) is 10.6 Å². The fourth-order valence-corrected chi connectivity index (χ4v) is 2.49. The molecule has 2 saturated heterocycles. The maximum absolute atomic E-state index is 11.9. The predicted octanol–water partition coefficient (Wildman–Crippen LogP) is 0.0673. The highest BCUT2D eigenvalue weighted by Crippen LogP contribution is 2.21. The highest BCUT2D eigenvalue weighted by molar-refractivity contribution is 5.39. The van der Waals surface area contributed by atoms with Crippen molar-refractivity contribution >= 4 is 5.82 Å². The van der Waals surface area contributed by atoms with Gasteiger partial charge < -0.3 is 10.2 Å². The number of hydrogen-bond donors (Lipinski definition) is 1. The van der Waals surface area contributed by atoms with Crippen molar-refractivity contribution in [3.05, 3.63) is 22.2 Å². The van der Waals surface area contributed by atoms with Crippen molar-refractivity contribution in [3.8, 4) is 0 Å². The smallest absolute Gasteiger partial charge is 0.255 e. The van der Waals surface area contributed by atoms with Crippen LogP contribution in [0.4, 0.5) is 5.82 Å². The molecule has 5 heteroatoms. The van der Waals surface area contributed by atoms with Gasteiger partial charge in [-0.05, 0) is 12.8 Å². The SMILES string of the molecule is Cn1c(C2CNC2)nc(N2CCCC2)cc1=O. The van der Waals surface area contributed by atoms with E-state index in [-0.39, 0.29) is 5.56 Å². The van der Waals surface area contributed by atoms with Crippen LogP contribution in [0, 0.1) is 0 Å². The molecule has 2 fully saturated rings. The van der Waals surface area contributed by atoms with Gasteiger partial charge in [0.15, 0.2) is 0 Å². The van der Waals surface area contributed by atoms with Crippen LogP contribution in [0.5, 0.6) is 0 Å². The lowest BCUT2D eigenvalue weighted by molar-refractivity contribution is 0.414. The zero-order valence-electron chi connectivity index (χ0n) is 10.1. The molecular weight excluding hydrogens is 216 g/mol. The summed E-state index contributed by atoms with van der Waals surface area (Å²) < 4.78 is 1.69. The van der Waals surface area contributed by atoms with Crippen LogP contribution in [0.25, 0.3) is 0 Å². The summed E-state index contributed by atoms with van der Waals surface area (Å²) in [6.07, 6.45) is 2.41. The summed E-state index contributed by atoms with van der Waals surface area (Å²) in [5.41, 5.74) is 0.0591. The summed E-state index contributed by atoms with van der Waals surface area (Å²) in [5, 5.41) is 3.23. The highest BCUT2D eigenvalue weighted by atomic mass is 16.1. The van der Waals surface area contributed by atoms with Gasteiger partial charge in [-0.2, -0.15) is 0 Å². The lowest BCUT2D eigenvalue weighted by Crippen LogP contribution is -2.43. The third-order valence-electron chi connectivity index (χ3n) is 3.73. The Bertz CT molecular complexity index is 472. The first-order valence-electron chi connectivity index (χ1n) is 6.29. The highest BCUT2D eigenvalue weighted by Gasteiger charge is 2.25. The van der Waals surface area contributed by atoms with Gasteiger partial charge in [-0.15, -0.1) is 0 Å². The first-order chi connectivity index (χ1) is 8.25. The van der Waals surface area contributed by atoms with Crippen LogP contribution < -0.4 is 15.8 Å². The molecular formula is C12H18N4O. The summed E-state index contributed by atoms with van der Waals surface area (Å²) in [5.74, 6) is 2.20. The molecule has 0 bridgehead atoms. The minimum Gasteiger partial charge on any atom is -0.356 e. The van der Waals surface area contributed by atoms with Gasteiger partial charge >= 0.3 is 0 Å². The van der Waals surface area contributed by atoms with Crippen LogP contribution >= 0.6 is 0 Å². The van der Waals surface area contributed by atoms with E-state index >= 15 is 0 Å². The standard InChI is InChI=1S/C12H18N4O/c1-15-11(17)6-10(16-4-2-3-5-16)14-12(15)9-7-13-8-9/h6,9,13H,2-5,7-8H2,1H3. The van der Waals surface area contributed by atoms with Crippen molar-refractivity contribution in [2.45, 2.75) is 18.8 Å². The van der Waals surface area contributed by atoms with Crippen molar-refractivity contribution in [1.82, 2.24) is 14.9 Å². The van der Waals surface area contributed by atoms with E-state index in [4.69, 9.17) is 0 Å². The molecule has 0 atom stereocenters. The van der Waals surface area contributed by atoms with Gasteiger partial charge in [0.25, 0.3) is 5.56 Å². The fraction of sp³-hybridized carbons (Fsp3) is 0.667. The second-order valence-corrected chi connectivity index (χ2v) is 4.92. The quantitative estimate of drug-likeness (QED) is 0.786. The average Bonchev–Trinajstić information content (AvgIpc) is 2.75. The average molecular weight is 234 g/mol. The summed E-state index contributed by atoms with van der Waals surface area (Å²) in [6, 6.07) is 1.67. The Hall–Kier alpha value is -1.36. The van der Waals surface area contributed by atoms with Crippen LogP contribution in [-0.4, -0.2) is 35.7 Å². The Morgan fingerprint density at radius 1 is 1.35 bits per heavy atom. The Morgan fingerprint density at radius 3 is 2.65 bits per heavy atom. The number of rotatable bonds is 2. The lowest BCUT2D eigenvalue weighted by Gasteiger charge is -2.29. The zero-order chi connectivity index (χ0) is 11.8. The van der Waals surface area contributed by atoms with Crippen molar-refractivity contribution in [2.75, 3.05) is 31.1 Å². The number of hydrogen-bond acceptors (Lipinski definition) is 4. The molecule has 0 amide bonds. The largest absolute Gasteiger partial charge is 0.356 e. The predicted molar refractivity (Wildman–Crippen MR) is 66.5 cm³/mol. The number of aromatic nitrogens is 2. The molecule has 1 N–H and O–H groups in total. The number of anilines is 1. The Kier molecular flexibility index (Phi) is 2.63. The Balaban J connectivity index is 1.99. The zero-order valence-corrected chi connectivity index (χ0v) is 10.1. The normalized spacial score (nSPS) is 20.6. The lowest BCUT2D eigenvalue weighted by atomic mass is 10.0. The summed E-state index contributed by atoms with van der Waals surface area (Å²) in [4.78, 5) is 18.8. The van der Waals surface area contributed by atoms with E-state index in [9.17, 15) is 4.79 Å². The molecule has 0 spiro atoms. The Labute approximate surface area is 100 Å². The summed E-state index contributed by atoms with van der Waals surface area (Å²) >= 11 is 0. The molecule has 3 rings (SSSR count). The fourth-order valence-electron chi connectivity index (χ4n) is 2.49. The molecule has 0 unspecified atom stereocenters. The first-order valence-corrected chi connectivity index (χ1v) is 6.29. The number of nitrogens with zero attached hydrogens (tertiary/aromatic N) is 3. The van der Waals surface area contributed by atoms with E-state index in [1.807, 2.05) is 7.05 Å². The van der Waals surface area contributed by atoms with Crippen LogP contribution in [0.3, 0.4) is 0 Å². The van der Waals surface area contributed by atoms with Crippen molar-refractivity contribution in [1.29, 1.82) is 0 Å². The second-order valence-electron chi connectivity index (χ2n) is 4.92. The Morgan fingerprint density at radius 2 is 2.06 bits per heavy atom. The van der Waals surface area contributed by atoms with Crippen LogP contribution in [0.1, 0.15) is 24.6 Å². The molecule has 3 heterocycles. The third-order valence-corrected chi connectivity index (χ3v) is 3.73. The topological polar surface area (TPSA) is 50.2 Å². The molecule has 0 saturated carbocycles. The van der Waals surface area contributed by atoms with Crippen LogP contribution in [0.2, 0.25) is 0 Å². The molecule has 0 aromatic carbocycles. The molecule has 1 aromatic heterocycles. The first kappa shape index (κ1) is 10.8. The maximum Gasteiger partial charge on any atom is 0.255 e. The third kappa shape index (κ3) is 1.84. The monoisotopic (exact) mass is 234 g/mol. The van der Waals surface area contributed by atoms with Crippen LogP contribution in [0.15, 0.2) is 10.9 Å². The van der Waals surface area contributed by atoms with E-state index in [0.717, 1.165) is 37.8 Å².